The van der Waals surface area contributed by atoms with Gasteiger partial charge in [-0.25, -0.2) is 9.78 Å². The van der Waals surface area contributed by atoms with Gasteiger partial charge in [0.2, 0.25) is 5.91 Å². The number of thiazole rings is 1. The zero-order chi connectivity index (χ0) is 14.7. The average Bonchev–Trinajstić information content (AvgIpc) is 2.92. The molecular formula is C12H16N4O3S. The summed E-state index contributed by atoms with van der Waals surface area (Å²) in [5.41, 5.74) is 0.857. The van der Waals surface area contributed by atoms with Gasteiger partial charge in [-0.05, 0) is 13.3 Å². The van der Waals surface area contributed by atoms with E-state index in [1.807, 2.05) is 12.3 Å². The lowest BCUT2D eigenvalue weighted by molar-refractivity contribution is -0.130. The van der Waals surface area contributed by atoms with Crippen LogP contribution in [-0.4, -0.2) is 40.8 Å². The Morgan fingerprint density at radius 2 is 2.25 bits per heavy atom. The third-order valence-corrected chi connectivity index (χ3v) is 3.82. The first-order valence-corrected chi connectivity index (χ1v) is 7.10. The zero-order valence-corrected chi connectivity index (χ0v) is 12.1. The Morgan fingerprint density at radius 1 is 1.50 bits per heavy atom. The summed E-state index contributed by atoms with van der Waals surface area (Å²) in [6.07, 6.45) is 0.509. The molecule has 20 heavy (non-hydrogen) atoms. The van der Waals surface area contributed by atoms with Gasteiger partial charge >= 0.3 is 6.03 Å². The van der Waals surface area contributed by atoms with E-state index in [1.165, 1.54) is 0 Å². The molecule has 2 heterocycles. The molecule has 0 radical (unpaired) electrons. The number of rotatable bonds is 5. The van der Waals surface area contributed by atoms with Crippen molar-refractivity contribution in [2.24, 2.45) is 0 Å². The number of nitrogens with zero attached hydrogens (tertiary/aromatic N) is 2. The van der Waals surface area contributed by atoms with E-state index in [1.54, 1.807) is 23.3 Å². The Kier molecular flexibility index (Phi) is 4.33. The van der Waals surface area contributed by atoms with E-state index in [-0.39, 0.29) is 18.2 Å². The van der Waals surface area contributed by atoms with Crippen molar-refractivity contribution in [3.8, 4) is 0 Å². The Bertz CT molecular complexity index is 543. The van der Waals surface area contributed by atoms with Crippen LogP contribution in [0.4, 0.5) is 4.79 Å². The summed E-state index contributed by atoms with van der Waals surface area (Å²) in [7, 11) is 1.70. The number of imide groups is 1. The molecule has 0 spiro atoms. The quantitative estimate of drug-likeness (QED) is 0.769. The molecule has 1 aliphatic rings. The number of carbonyl (C=O) groups is 3. The lowest BCUT2D eigenvalue weighted by Crippen LogP contribution is -2.32. The normalized spacial score (nSPS) is 17.8. The second-order valence-corrected chi connectivity index (χ2v) is 5.72. The number of aryl methyl sites for hydroxylation is 1. The zero-order valence-electron chi connectivity index (χ0n) is 11.3. The minimum atomic E-state index is -0.610. The Hall–Kier alpha value is -1.96. The highest BCUT2D eigenvalue weighted by Crippen LogP contribution is 2.11. The van der Waals surface area contributed by atoms with E-state index in [2.05, 4.69) is 15.6 Å². The van der Waals surface area contributed by atoms with Gasteiger partial charge in [-0.2, -0.15) is 0 Å². The van der Waals surface area contributed by atoms with Crippen LogP contribution in [0.15, 0.2) is 5.38 Å². The summed E-state index contributed by atoms with van der Waals surface area (Å²) >= 11 is 1.54. The third kappa shape index (κ3) is 3.53. The van der Waals surface area contributed by atoms with Gasteiger partial charge in [0.05, 0.1) is 17.2 Å². The average molecular weight is 296 g/mol. The van der Waals surface area contributed by atoms with Crippen LogP contribution in [0.3, 0.4) is 0 Å². The first-order chi connectivity index (χ1) is 9.45. The molecule has 2 rings (SSSR count). The van der Waals surface area contributed by atoms with E-state index in [0.717, 1.165) is 10.7 Å². The number of hydrogen-bond donors (Lipinski definition) is 2. The van der Waals surface area contributed by atoms with Crippen molar-refractivity contribution in [3.05, 3.63) is 16.1 Å². The number of amides is 4. The maximum absolute atomic E-state index is 12.0. The topological polar surface area (TPSA) is 91.4 Å². The highest BCUT2D eigenvalue weighted by atomic mass is 32.1. The van der Waals surface area contributed by atoms with Gasteiger partial charge in [0.15, 0.2) is 0 Å². The second-order valence-electron chi connectivity index (χ2n) is 4.66. The predicted octanol–water partition coefficient (Wildman–Crippen LogP) is 0.398. The first kappa shape index (κ1) is 14.4. The van der Waals surface area contributed by atoms with E-state index in [4.69, 9.17) is 0 Å². The number of nitrogens with one attached hydrogen (secondary N) is 2. The maximum atomic E-state index is 12.0. The van der Waals surface area contributed by atoms with Crippen molar-refractivity contribution in [3.63, 3.8) is 0 Å². The van der Waals surface area contributed by atoms with Crippen molar-refractivity contribution >= 4 is 29.2 Å². The number of hydrogen-bond acceptors (Lipinski definition) is 5. The van der Waals surface area contributed by atoms with Gasteiger partial charge < -0.3 is 10.2 Å². The van der Waals surface area contributed by atoms with E-state index >= 15 is 0 Å². The summed E-state index contributed by atoms with van der Waals surface area (Å²) in [5, 5.41) is 7.49. The molecule has 0 bridgehead atoms. The van der Waals surface area contributed by atoms with Crippen LogP contribution in [-0.2, 0) is 16.1 Å². The summed E-state index contributed by atoms with van der Waals surface area (Å²) < 4.78 is 0. The molecule has 4 amide bonds. The minimum absolute atomic E-state index is 0.0791. The monoisotopic (exact) mass is 296 g/mol. The van der Waals surface area contributed by atoms with Crippen LogP contribution < -0.4 is 10.6 Å². The van der Waals surface area contributed by atoms with E-state index < -0.39 is 12.1 Å². The van der Waals surface area contributed by atoms with Gasteiger partial charge in [-0.15, -0.1) is 11.3 Å². The molecule has 1 unspecified atom stereocenters. The third-order valence-electron chi connectivity index (χ3n) is 3.00. The standard InChI is InChI=1S/C12H16N4O3S/c1-7-13-8(6-20-7)5-16(2)10(17)4-3-9-11(18)15-12(19)14-9/h6,9H,3-5H2,1-2H3,(H2,14,15,18,19). The minimum Gasteiger partial charge on any atom is -0.340 e. The molecular weight excluding hydrogens is 280 g/mol. The van der Waals surface area contributed by atoms with Crippen molar-refractivity contribution in [1.29, 1.82) is 0 Å². The van der Waals surface area contributed by atoms with Gasteiger partial charge in [-0.1, -0.05) is 0 Å². The van der Waals surface area contributed by atoms with Crippen LogP contribution in [0.1, 0.15) is 23.5 Å². The highest BCUT2D eigenvalue weighted by Gasteiger charge is 2.29. The molecule has 0 saturated carbocycles. The molecule has 1 aromatic heterocycles. The van der Waals surface area contributed by atoms with Crippen molar-refractivity contribution < 1.29 is 14.4 Å². The Balaban J connectivity index is 1.79. The summed E-state index contributed by atoms with van der Waals surface area (Å²) in [6.45, 7) is 2.36. The van der Waals surface area contributed by atoms with Crippen LogP contribution in [0.2, 0.25) is 0 Å². The van der Waals surface area contributed by atoms with Crippen molar-refractivity contribution in [2.75, 3.05) is 7.05 Å². The molecule has 1 saturated heterocycles. The maximum Gasteiger partial charge on any atom is 0.322 e. The van der Waals surface area contributed by atoms with Gasteiger partial charge in [0.25, 0.3) is 5.91 Å². The molecule has 8 heteroatoms. The molecule has 1 aromatic rings. The molecule has 0 aliphatic carbocycles. The molecule has 0 aromatic carbocycles. The number of aromatic nitrogens is 1. The summed E-state index contributed by atoms with van der Waals surface area (Å²) in [6, 6.07) is -1.11. The Morgan fingerprint density at radius 3 is 2.80 bits per heavy atom. The summed E-state index contributed by atoms with van der Waals surface area (Å²) in [5.74, 6) is -0.454. The predicted molar refractivity (Wildman–Crippen MR) is 73.0 cm³/mol. The lowest BCUT2D eigenvalue weighted by atomic mass is 10.1. The smallest absolute Gasteiger partial charge is 0.322 e. The summed E-state index contributed by atoms with van der Waals surface area (Å²) in [4.78, 5) is 40.1. The van der Waals surface area contributed by atoms with Gasteiger partial charge in [-0.3, -0.25) is 14.9 Å². The number of carbonyl (C=O) groups excluding carboxylic acids is 3. The van der Waals surface area contributed by atoms with Crippen LogP contribution >= 0.6 is 11.3 Å². The van der Waals surface area contributed by atoms with Gasteiger partial charge in [0, 0.05) is 18.8 Å². The van der Waals surface area contributed by atoms with Gasteiger partial charge in [0.1, 0.15) is 6.04 Å². The fourth-order valence-electron chi connectivity index (χ4n) is 1.93. The molecule has 108 valence electrons. The van der Waals surface area contributed by atoms with Crippen LogP contribution in [0.5, 0.6) is 0 Å². The molecule has 1 atom stereocenters. The Labute approximate surface area is 120 Å². The van der Waals surface area contributed by atoms with E-state index in [0.29, 0.717) is 13.0 Å². The van der Waals surface area contributed by atoms with Crippen LogP contribution in [0, 0.1) is 6.92 Å². The number of urea groups is 1. The highest BCUT2D eigenvalue weighted by molar-refractivity contribution is 7.09. The van der Waals surface area contributed by atoms with Crippen molar-refractivity contribution in [2.45, 2.75) is 32.4 Å². The van der Waals surface area contributed by atoms with Crippen LogP contribution in [0.25, 0.3) is 0 Å². The fourth-order valence-corrected chi connectivity index (χ4v) is 2.54. The second kappa shape index (κ2) is 6.00. The SMILES string of the molecule is Cc1nc(CN(C)C(=O)CCC2NC(=O)NC2=O)cs1. The first-order valence-electron chi connectivity index (χ1n) is 6.22. The lowest BCUT2D eigenvalue weighted by Gasteiger charge is -2.16. The fraction of sp³-hybridized carbons (Fsp3) is 0.500. The van der Waals surface area contributed by atoms with E-state index in [9.17, 15) is 14.4 Å². The van der Waals surface area contributed by atoms with Crippen molar-refractivity contribution in [1.82, 2.24) is 20.5 Å². The largest absolute Gasteiger partial charge is 0.340 e. The molecule has 7 nitrogen and oxygen atoms in total. The molecule has 1 aliphatic heterocycles. The molecule has 2 N–H and O–H groups in total. The molecule has 1 fully saturated rings.